The van der Waals surface area contributed by atoms with Gasteiger partial charge in [-0.25, -0.2) is 9.99 Å². The number of amides is 1. The van der Waals surface area contributed by atoms with Crippen molar-refractivity contribution in [1.29, 1.82) is 0 Å². The van der Waals surface area contributed by atoms with E-state index in [0.717, 1.165) is 27.7 Å². The predicted octanol–water partition coefficient (Wildman–Crippen LogP) is 4.80. The fraction of sp³-hybridized carbons (Fsp3) is 0.238. The van der Waals surface area contributed by atoms with Crippen LogP contribution in [0, 0.1) is 6.92 Å². The summed E-state index contributed by atoms with van der Waals surface area (Å²) in [7, 11) is 0. The summed E-state index contributed by atoms with van der Waals surface area (Å²) in [4.78, 5) is 28.2. The van der Waals surface area contributed by atoms with Crippen LogP contribution in [0.25, 0.3) is 10.9 Å². The predicted molar refractivity (Wildman–Crippen MR) is 113 cm³/mol. The summed E-state index contributed by atoms with van der Waals surface area (Å²) in [5.41, 5.74) is 4.32. The van der Waals surface area contributed by atoms with Crippen LogP contribution in [0.15, 0.2) is 46.2 Å². The summed E-state index contributed by atoms with van der Waals surface area (Å²) in [5, 5.41) is 20.0. The molecular weight excluding hydrogens is 410 g/mol. The first kappa shape index (κ1) is 19.5. The maximum Gasteiger partial charge on any atom is 0.303 e. The molecule has 0 bridgehead atoms. The average molecular weight is 428 g/mol. The SMILES string of the molecule is Cc1ccc2cc([C@H]3CC(c4ccsc4)=NN3C(=O)CCC(=O)O)c(Cl)nc2c1. The maximum atomic E-state index is 12.8. The van der Waals surface area contributed by atoms with Gasteiger partial charge in [-0.1, -0.05) is 23.7 Å². The average Bonchev–Trinajstić information content (AvgIpc) is 3.35. The lowest BCUT2D eigenvalue weighted by Crippen LogP contribution is -2.27. The minimum atomic E-state index is -1.02. The number of aromatic nitrogens is 1. The van der Waals surface area contributed by atoms with Gasteiger partial charge >= 0.3 is 5.97 Å². The Balaban J connectivity index is 1.73. The molecule has 4 rings (SSSR count). The van der Waals surface area contributed by atoms with Crippen LogP contribution in [0.3, 0.4) is 0 Å². The molecule has 148 valence electrons. The Labute approximate surface area is 176 Å². The van der Waals surface area contributed by atoms with Gasteiger partial charge in [0.2, 0.25) is 5.91 Å². The number of nitrogens with zero attached hydrogens (tertiary/aromatic N) is 3. The van der Waals surface area contributed by atoms with Gasteiger partial charge in [-0.3, -0.25) is 9.59 Å². The van der Waals surface area contributed by atoms with E-state index in [-0.39, 0.29) is 18.7 Å². The van der Waals surface area contributed by atoms with E-state index >= 15 is 0 Å². The summed E-state index contributed by atoms with van der Waals surface area (Å²) in [6.45, 7) is 1.99. The van der Waals surface area contributed by atoms with E-state index in [1.54, 1.807) is 11.3 Å². The van der Waals surface area contributed by atoms with E-state index in [1.807, 2.05) is 48.0 Å². The summed E-state index contributed by atoms with van der Waals surface area (Å²) in [6.07, 6.45) is 0.132. The quantitative estimate of drug-likeness (QED) is 0.593. The number of carbonyl (C=O) groups excluding carboxylic acids is 1. The Kier molecular flexibility index (Phi) is 5.34. The van der Waals surface area contributed by atoms with Crippen molar-refractivity contribution >= 4 is 51.4 Å². The van der Waals surface area contributed by atoms with Crippen LogP contribution in [-0.4, -0.2) is 32.7 Å². The molecule has 8 heteroatoms. The van der Waals surface area contributed by atoms with Crippen LogP contribution in [0.1, 0.15) is 42.0 Å². The Hall–Kier alpha value is -2.77. The lowest BCUT2D eigenvalue weighted by molar-refractivity contribution is -0.141. The number of rotatable bonds is 5. The number of aryl methyl sites for hydroxylation is 1. The first-order valence-corrected chi connectivity index (χ1v) is 10.4. The van der Waals surface area contributed by atoms with Crippen molar-refractivity contribution in [2.24, 2.45) is 5.10 Å². The zero-order valence-electron chi connectivity index (χ0n) is 15.6. The molecule has 0 saturated carbocycles. The zero-order valence-corrected chi connectivity index (χ0v) is 17.2. The van der Waals surface area contributed by atoms with Crippen LogP contribution in [0.4, 0.5) is 0 Å². The molecule has 1 aliphatic rings. The third-order valence-corrected chi connectivity index (χ3v) is 5.87. The number of carbonyl (C=O) groups is 2. The molecule has 1 N–H and O–H groups in total. The second-order valence-electron chi connectivity index (χ2n) is 6.98. The van der Waals surface area contributed by atoms with E-state index in [9.17, 15) is 9.59 Å². The number of halogens is 1. The van der Waals surface area contributed by atoms with Crippen molar-refractivity contribution in [2.45, 2.75) is 32.2 Å². The van der Waals surface area contributed by atoms with Crippen LogP contribution < -0.4 is 0 Å². The van der Waals surface area contributed by atoms with Gasteiger partial charge in [-0.15, -0.1) is 0 Å². The van der Waals surface area contributed by atoms with Gasteiger partial charge in [0, 0.05) is 29.4 Å². The van der Waals surface area contributed by atoms with E-state index in [0.29, 0.717) is 17.1 Å². The van der Waals surface area contributed by atoms with Gasteiger partial charge in [-0.2, -0.15) is 16.4 Å². The van der Waals surface area contributed by atoms with Crippen LogP contribution in [0.5, 0.6) is 0 Å². The number of fused-ring (bicyclic) bond motifs is 1. The fourth-order valence-electron chi connectivity index (χ4n) is 3.42. The monoisotopic (exact) mass is 427 g/mol. The Bertz CT molecular complexity index is 1130. The van der Waals surface area contributed by atoms with E-state index in [1.165, 1.54) is 5.01 Å². The van der Waals surface area contributed by atoms with Crippen LogP contribution in [0.2, 0.25) is 5.15 Å². The van der Waals surface area contributed by atoms with Crippen molar-refractivity contribution < 1.29 is 14.7 Å². The lowest BCUT2D eigenvalue weighted by atomic mass is 9.99. The third-order valence-electron chi connectivity index (χ3n) is 4.89. The van der Waals surface area contributed by atoms with Gasteiger partial charge in [0.25, 0.3) is 0 Å². The molecule has 0 aliphatic carbocycles. The van der Waals surface area contributed by atoms with E-state index in [2.05, 4.69) is 10.1 Å². The standard InChI is InChI=1S/C21H18ClN3O3S/c1-12-2-3-13-9-15(21(22)23-16(13)8-12)18-10-17(14-6-7-29-11-14)24-25(18)19(26)4-5-20(27)28/h2-3,6-9,11,18H,4-5,10H2,1H3,(H,27,28)/t18-/m1/s1. The summed E-state index contributed by atoms with van der Waals surface area (Å²) in [6, 6.07) is 9.41. The highest BCUT2D eigenvalue weighted by Crippen LogP contribution is 2.38. The minimum absolute atomic E-state index is 0.121. The Morgan fingerprint density at radius 2 is 2.10 bits per heavy atom. The molecule has 0 radical (unpaired) electrons. The van der Waals surface area contributed by atoms with Crippen LogP contribution >= 0.6 is 22.9 Å². The van der Waals surface area contributed by atoms with Crippen molar-refractivity contribution in [3.8, 4) is 0 Å². The molecular formula is C21H18ClN3O3S. The second kappa shape index (κ2) is 7.93. The number of aliphatic carboxylic acids is 1. The first-order chi connectivity index (χ1) is 13.9. The third kappa shape index (κ3) is 4.02. The largest absolute Gasteiger partial charge is 0.481 e. The molecule has 1 aliphatic heterocycles. The molecule has 0 fully saturated rings. The number of carboxylic acid groups (broad SMARTS) is 1. The number of carboxylic acids is 1. The Morgan fingerprint density at radius 1 is 1.28 bits per heavy atom. The smallest absolute Gasteiger partial charge is 0.303 e. The number of hydrogen-bond acceptors (Lipinski definition) is 5. The number of benzene rings is 1. The van der Waals surface area contributed by atoms with Gasteiger partial charge in [0.15, 0.2) is 0 Å². The second-order valence-corrected chi connectivity index (χ2v) is 8.11. The summed E-state index contributed by atoms with van der Waals surface area (Å²) >= 11 is 8.07. The van der Waals surface area contributed by atoms with Crippen molar-refractivity contribution in [3.05, 3.63) is 62.9 Å². The Morgan fingerprint density at radius 3 is 2.83 bits per heavy atom. The zero-order chi connectivity index (χ0) is 20.5. The highest BCUT2D eigenvalue weighted by molar-refractivity contribution is 7.08. The first-order valence-electron chi connectivity index (χ1n) is 9.13. The molecule has 2 aromatic heterocycles. The number of hydrogen-bond donors (Lipinski definition) is 1. The number of pyridine rings is 1. The van der Waals surface area contributed by atoms with Crippen LogP contribution in [-0.2, 0) is 9.59 Å². The van der Waals surface area contributed by atoms with Gasteiger partial charge in [0.1, 0.15) is 5.15 Å². The van der Waals surface area contributed by atoms with Gasteiger partial charge < -0.3 is 5.11 Å². The van der Waals surface area contributed by atoms with Crippen molar-refractivity contribution in [2.75, 3.05) is 0 Å². The number of hydrazone groups is 1. The lowest BCUT2D eigenvalue weighted by Gasteiger charge is -2.23. The molecule has 29 heavy (non-hydrogen) atoms. The molecule has 1 aromatic carbocycles. The summed E-state index contributed by atoms with van der Waals surface area (Å²) < 4.78 is 0. The molecule has 0 spiro atoms. The summed E-state index contributed by atoms with van der Waals surface area (Å²) in [5.74, 6) is -1.36. The fourth-order valence-corrected chi connectivity index (χ4v) is 4.35. The maximum absolute atomic E-state index is 12.8. The molecule has 0 saturated heterocycles. The van der Waals surface area contributed by atoms with Gasteiger partial charge in [0.05, 0.1) is 23.7 Å². The molecule has 0 unspecified atom stereocenters. The van der Waals surface area contributed by atoms with E-state index in [4.69, 9.17) is 16.7 Å². The minimum Gasteiger partial charge on any atom is -0.481 e. The molecule has 3 heterocycles. The normalized spacial score (nSPS) is 16.3. The highest BCUT2D eigenvalue weighted by atomic mass is 35.5. The highest BCUT2D eigenvalue weighted by Gasteiger charge is 2.35. The molecule has 3 aromatic rings. The van der Waals surface area contributed by atoms with Crippen molar-refractivity contribution in [1.82, 2.24) is 9.99 Å². The molecule has 6 nitrogen and oxygen atoms in total. The van der Waals surface area contributed by atoms with Gasteiger partial charge in [-0.05, 0) is 41.4 Å². The number of thiophene rings is 1. The molecule has 1 atom stereocenters. The van der Waals surface area contributed by atoms with E-state index < -0.39 is 12.0 Å². The van der Waals surface area contributed by atoms with Crippen molar-refractivity contribution in [3.63, 3.8) is 0 Å². The topological polar surface area (TPSA) is 82.9 Å². The molecule has 1 amide bonds.